The molecular weight excluding hydrogens is 676 g/mol. The number of hydrogen-bond acceptors (Lipinski definition) is 8. The first-order valence-electron chi connectivity index (χ1n) is 15.7. The number of pyridine rings is 1. The average Bonchev–Trinajstić information content (AvgIpc) is 3.13. The number of para-hydroxylation sites is 1. The molecule has 0 atom stereocenters. The highest BCUT2D eigenvalue weighted by Gasteiger charge is 2.36. The van der Waals surface area contributed by atoms with Crippen LogP contribution in [0.4, 0.5) is 17.1 Å². The maximum absolute atomic E-state index is 14.4. The standard InChI is InChI=1S/C36H23ClN4O6S.C2H6/c1-46-21-16-12-20(13-17-21)38-26-18-27(47-22-14-10-19(37)11-15-22)33-31-29(23-6-2-3-7-24(23)34(42)30(26)31)32(36(43)40-33)35-39-25-8-4-5-9-28(25)48(44,45)41-35;1-2/h2-18,38H,1H3,(H,39,41)(H,40,43);1-2H3. The molecule has 1 aliphatic heterocycles. The highest BCUT2D eigenvalue weighted by atomic mass is 35.5. The van der Waals surface area contributed by atoms with Crippen LogP contribution >= 0.6 is 11.6 Å². The minimum absolute atomic E-state index is 0.0134. The van der Waals surface area contributed by atoms with Crippen molar-refractivity contribution in [3.05, 3.63) is 135 Å². The van der Waals surface area contributed by atoms with Crippen molar-refractivity contribution in [1.82, 2.24) is 9.71 Å². The Bertz CT molecular complexity index is 2530. The molecule has 0 fully saturated rings. The molecule has 0 bridgehead atoms. The van der Waals surface area contributed by atoms with Crippen LogP contribution in [0.2, 0.25) is 5.02 Å². The smallest absolute Gasteiger partial charge is 0.265 e. The lowest BCUT2D eigenvalue weighted by Gasteiger charge is -2.27. The first kappa shape index (κ1) is 32.6. The molecule has 0 radical (unpaired) electrons. The second-order valence-electron chi connectivity index (χ2n) is 11.1. The number of aromatic amines is 1. The van der Waals surface area contributed by atoms with E-state index in [0.29, 0.717) is 50.0 Å². The van der Waals surface area contributed by atoms with E-state index in [9.17, 15) is 18.0 Å². The third kappa shape index (κ3) is 5.56. The fourth-order valence-corrected chi connectivity index (χ4v) is 7.34. The summed E-state index contributed by atoms with van der Waals surface area (Å²) in [5.41, 5.74) is 2.17. The Kier molecular flexibility index (Phi) is 8.38. The van der Waals surface area contributed by atoms with Crippen molar-refractivity contribution >= 4 is 61.2 Å². The van der Waals surface area contributed by atoms with Crippen LogP contribution in [0.25, 0.3) is 22.0 Å². The molecular formula is C38H29ClN4O6S. The molecule has 10 nitrogen and oxygen atoms in total. The van der Waals surface area contributed by atoms with E-state index in [1.807, 2.05) is 13.8 Å². The predicted octanol–water partition coefficient (Wildman–Crippen LogP) is 8.33. The van der Waals surface area contributed by atoms with Gasteiger partial charge in [0, 0.05) is 33.3 Å². The third-order valence-electron chi connectivity index (χ3n) is 8.19. The molecule has 50 heavy (non-hydrogen) atoms. The van der Waals surface area contributed by atoms with Crippen LogP contribution in [0.15, 0.2) is 118 Å². The SMILES string of the molecule is CC.COc1ccc(Nc2cc(Oc3ccc(Cl)cc3)c3[nH]c(=O)c(C4=Nc5ccccc5S(=O)(=O)N4)c4c3c2C(=O)c2ccccc2-4)cc1. The lowest BCUT2D eigenvalue weighted by atomic mass is 9.81. The van der Waals surface area contributed by atoms with Gasteiger partial charge in [0.05, 0.1) is 35.1 Å². The van der Waals surface area contributed by atoms with Crippen LogP contribution in [0.5, 0.6) is 17.2 Å². The van der Waals surface area contributed by atoms with E-state index in [4.69, 9.17) is 21.1 Å². The van der Waals surface area contributed by atoms with Crippen LogP contribution in [-0.4, -0.2) is 32.1 Å². The Morgan fingerprint density at radius 2 is 1.44 bits per heavy atom. The summed E-state index contributed by atoms with van der Waals surface area (Å²) in [5.74, 6) is 0.849. The zero-order chi connectivity index (χ0) is 35.2. The van der Waals surface area contributed by atoms with E-state index in [0.717, 1.165) is 0 Å². The molecule has 12 heteroatoms. The number of methoxy groups -OCH3 is 1. The molecule has 0 amide bonds. The largest absolute Gasteiger partial charge is 0.497 e. The fraction of sp³-hybridized carbons (Fsp3) is 0.0789. The number of sulfonamides is 1. The average molecular weight is 705 g/mol. The Labute approximate surface area is 292 Å². The van der Waals surface area contributed by atoms with Gasteiger partial charge in [-0.05, 0) is 66.2 Å². The molecule has 1 aromatic heterocycles. The number of ketones is 1. The van der Waals surface area contributed by atoms with Crippen LogP contribution < -0.4 is 25.1 Å². The summed E-state index contributed by atoms with van der Waals surface area (Å²) in [4.78, 5) is 36.1. The summed E-state index contributed by atoms with van der Waals surface area (Å²) in [6, 6.07) is 28.7. The van der Waals surface area contributed by atoms with Crippen LogP contribution in [0, 0.1) is 0 Å². The van der Waals surface area contributed by atoms with Crippen molar-refractivity contribution in [2.75, 3.05) is 12.4 Å². The molecule has 1 aliphatic carbocycles. The molecule has 0 saturated heterocycles. The number of benzene rings is 5. The zero-order valence-corrected chi connectivity index (χ0v) is 28.6. The number of amidine groups is 1. The van der Waals surface area contributed by atoms with Crippen molar-refractivity contribution in [3.63, 3.8) is 0 Å². The molecule has 2 aliphatic rings. The van der Waals surface area contributed by atoms with Crippen molar-refractivity contribution in [1.29, 1.82) is 0 Å². The zero-order valence-electron chi connectivity index (χ0n) is 27.0. The molecule has 0 saturated carbocycles. The number of halogens is 1. The minimum Gasteiger partial charge on any atom is -0.497 e. The van der Waals surface area contributed by atoms with Crippen molar-refractivity contribution < 1.29 is 22.7 Å². The Hall–Kier alpha value is -5.91. The molecule has 2 heterocycles. The van der Waals surface area contributed by atoms with E-state index in [2.05, 4.69) is 20.0 Å². The second kappa shape index (κ2) is 12.8. The van der Waals surface area contributed by atoms with Gasteiger partial charge in [0.25, 0.3) is 15.6 Å². The first-order chi connectivity index (χ1) is 24.2. The Balaban J connectivity index is 0.00000193. The lowest BCUT2D eigenvalue weighted by molar-refractivity contribution is 0.104. The molecule has 5 aromatic carbocycles. The van der Waals surface area contributed by atoms with Gasteiger partial charge in [0.1, 0.15) is 16.4 Å². The maximum atomic E-state index is 14.4. The quantitative estimate of drug-likeness (QED) is 0.158. The molecule has 250 valence electrons. The first-order valence-corrected chi connectivity index (χ1v) is 17.5. The number of carbonyl (C=O) groups excluding carboxylic acids is 1. The van der Waals surface area contributed by atoms with Crippen LogP contribution in [0.1, 0.15) is 35.3 Å². The number of H-pyrrole nitrogens is 1. The van der Waals surface area contributed by atoms with Gasteiger partial charge in [-0.15, -0.1) is 0 Å². The Morgan fingerprint density at radius 3 is 2.16 bits per heavy atom. The van der Waals surface area contributed by atoms with Crippen molar-refractivity contribution in [2.45, 2.75) is 18.7 Å². The molecule has 0 unspecified atom stereocenters. The maximum Gasteiger partial charge on any atom is 0.265 e. The van der Waals surface area contributed by atoms with E-state index < -0.39 is 15.6 Å². The van der Waals surface area contributed by atoms with Gasteiger partial charge in [-0.25, -0.2) is 13.4 Å². The topological polar surface area (TPSA) is 139 Å². The second-order valence-corrected chi connectivity index (χ2v) is 13.2. The normalized spacial score (nSPS) is 13.5. The number of fused-ring (bicyclic) bond motifs is 3. The van der Waals surface area contributed by atoms with Gasteiger partial charge >= 0.3 is 0 Å². The number of rotatable bonds is 6. The van der Waals surface area contributed by atoms with Crippen LogP contribution in [-0.2, 0) is 10.0 Å². The molecule has 8 rings (SSSR count). The summed E-state index contributed by atoms with van der Waals surface area (Å²) >= 11 is 6.12. The summed E-state index contributed by atoms with van der Waals surface area (Å²) in [6.45, 7) is 4.00. The third-order valence-corrected chi connectivity index (χ3v) is 9.83. The monoisotopic (exact) mass is 704 g/mol. The van der Waals surface area contributed by atoms with Crippen molar-refractivity contribution in [3.8, 4) is 28.4 Å². The molecule has 3 N–H and O–H groups in total. The number of nitrogens with zero attached hydrogens (tertiary/aromatic N) is 1. The Morgan fingerprint density at radius 1 is 0.780 bits per heavy atom. The number of nitrogens with one attached hydrogen (secondary N) is 3. The highest BCUT2D eigenvalue weighted by molar-refractivity contribution is 7.90. The van der Waals surface area contributed by atoms with E-state index in [1.54, 1.807) is 104 Å². The number of ether oxygens (including phenoxy) is 2. The highest BCUT2D eigenvalue weighted by Crippen LogP contribution is 2.47. The number of aliphatic imine (C=N–C) groups is 1. The van der Waals surface area contributed by atoms with E-state index in [1.165, 1.54) is 6.07 Å². The number of carbonyl (C=O) groups is 1. The van der Waals surface area contributed by atoms with Gasteiger partial charge in [0.2, 0.25) is 0 Å². The summed E-state index contributed by atoms with van der Waals surface area (Å²) in [7, 11) is -2.51. The van der Waals surface area contributed by atoms with Gasteiger partial charge in [-0.2, -0.15) is 0 Å². The minimum atomic E-state index is -4.08. The molecule has 6 aromatic rings. The predicted molar refractivity (Wildman–Crippen MR) is 196 cm³/mol. The number of hydrogen-bond donors (Lipinski definition) is 3. The van der Waals surface area contributed by atoms with E-state index in [-0.39, 0.29) is 44.6 Å². The van der Waals surface area contributed by atoms with Gasteiger partial charge in [-0.1, -0.05) is 61.8 Å². The lowest BCUT2D eigenvalue weighted by Crippen LogP contribution is -2.38. The summed E-state index contributed by atoms with van der Waals surface area (Å²) < 4.78 is 40.9. The number of aromatic nitrogens is 1. The van der Waals surface area contributed by atoms with E-state index >= 15 is 0 Å². The van der Waals surface area contributed by atoms with Gasteiger partial charge in [0.15, 0.2) is 17.4 Å². The fourth-order valence-electron chi connectivity index (χ4n) is 6.06. The summed E-state index contributed by atoms with van der Waals surface area (Å²) in [6.07, 6.45) is 0. The van der Waals surface area contributed by atoms with Gasteiger partial charge < -0.3 is 19.8 Å². The summed E-state index contributed by atoms with van der Waals surface area (Å²) in [5, 5.41) is 4.22. The number of anilines is 2. The van der Waals surface area contributed by atoms with Crippen LogP contribution in [0.3, 0.4) is 0 Å². The van der Waals surface area contributed by atoms with Crippen molar-refractivity contribution in [2.24, 2.45) is 4.99 Å². The van der Waals surface area contributed by atoms with Gasteiger partial charge in [-0.3, -0.25) is 14.3 Å². The molecule has 0 spiro atoms.